The highest BCUT2D eigenvalue weighted by molar-refractivity contribution is 5.58. The van der Waals surface area contributed by atoms with Crippen molar-refractivity contribution in [1.82, 2.24) is 0 Å². The van der Waals surface area contributed by atoms with E-state index in [4.69, 9.17) is 5.26 Å². The van der Waals surface area contributed by atoms with E-state index in [1.807, 2.05) is 12.1 Å². The van der Waals surface area contributed by atoms with Crippen LogP contribution in [-0.4, -0.2) is 0 Å². The summed E-state index contributed by atoms with van der Waals surface area (Å²) < 4.78 is 0. The lowest BCUT2D eigenvalue weighted by Gasteiger charge is -2.09. The monoisotopic (exact) mass is 155 g/mol. The Hall–Kier alpha value is -1.55. The van der Waals surface area contributed by atoms with Crippen molar-refractivity contribution in [1.29, 1.82) is 5.26 Å². The largest absolute Gasteiger partial charge is 0.192 e. The molecule has 1 aromatic carbocycles. The van der Waals surface area contributed by atoms with E-state index in [0.29, 0.717) is 0 Å². The standard InChI is InChI=1S/C11H9N/c12-8-9-5-6-10-3-1-2-4-11(10)7-9/h2,4-7H,1,3H2. The molecule has 1 aromatic rings. The van der Waals surface area contributed by atoms with Crippen molar-refractivity contribution in [2.75, 3.05) is 0 Å². The van der Waals surface area contributed by atoms with Crippen molar-refractivity contribution in [3.8, 4) is 6.07 Å². The van der Waals surface area contributed by atoms with Crippen LogP contribution in [0.2, 0.25) is 0 Å². The SMILES string of the molecule is N#Cc1ccc2c(c1)C=CCC2. The first-order valence-electron chi connectivity index (χ1n) is 4.10. The second kappa shape index (κ2) is 2.83. The molecule has 0 aliphatic heterocycles. The van der Waals surface area contributed by atoms with Crippen LogP contribution in [0.3, 0.4) is 0 Å². The van der Waals surface area contributed by atoms with Crippen molar-refractivity contribution < 1.29 is 0 Å². The fourth-order valence-electron chi connectivity index (χ4n) is 1.50. The highest BCUT2D eigenvalue weighted by Crippen LogP contribution is 2.19. The third-order valence-corrected chi connectivity index (χ3v) is 2.15. The molecule has 0 radical (unpaired) electrons. The molecule has 0 N–H and O–H groups in total. The van der Waals surface area contributed by atoms with E-state index in [0.717, 1.165) is 18.4 Å². The third-order valence-electron chi connectivity index (χ3n) is 2.15. The molecule has 0 aromatic heterocycles. The summed E-state index contributed by atoms with van der Waals surface area (Å²) in [5, 5.41) is 8.67. The Morgan fingerprint density at radius 1 is 1.33 bits per heavy atom. The highest BCUT2D eigenvalue weighted by Gasteiger charge is 2.03. The van der Waals surface area contributed by atoms with Crippen molar-refractivity contribution >= 4 is 6.08 Å². The van der Waals surface area contributed by atoms with Crippen LogP contribution in [-0.2, 0) is 6.42 Å². The lowest BCUT2D eigenvalue weighted by molar-refractivity contribution is 0.985. The second-order valence-electron chi connectivity index (χ2n) is 2.97. The van der Waals surface area contributed by atoms with Gasteiger partial charge >= 0.3 is 0 Å². The summed E-state index contributed by atoms with van der Waals surface area (Å²) in [6.45, 7) is 0. The Morgan fingerprint density at radius 2 is 2.25 bits per heavy atom. The normalized spacial score (nSPS) is 13.6. The topological polar surface area (TPSA) is 23.8 Å². The van der Waals surface area contributed by atoms with E-state index in [2.05, 4.69) is 24.3 Å². The first-order valence-corrected chi connectivity index (χ1v) is 4.10. The summed E-state index contributed by atoms with van der Waals surface area (Å²) in [6, 6.07) is 8.03. The van der Waals surface area contributed by atoms with Crippen molar-refractivity contribution in [2.24, 2.45) is 0 Å². The molecule has 0 atom stereocenters. The van der Waals surface area contributed by atoms with Crippen molar-refractivity contribution in [3.05, 3.63) is 41.0 Å². The van der Waals surface area contributed by atoms with E-state index in [9.17, 15) is 0 Å². The Balaban J connectivity index is 2.53. The van der Waals surface area contributed by atoms with Crippen LogP contribution >= 0.6 is 0 Å². The molecule has 0 heterocycles. The minimum Gasteiger partial charge on any atom is -0.192 e. The van der Waals surface area contributed by atoms with Crippen LogP contribution < -0.4 is 0 Å². The summed E-state index contributed by atoms with van der Waals surface area (Å²) in [4.78, 5) is 0. The molecule has 1 aliphatic carbocycles. The zero-order valence-corrected chi connectivity index (χ0v) is 6.75. The summed E-state index contributed by atoms with van der Waals surface area (Å²) >= 11 is 0. The number of allylic oxidation sites excluding steroid dienone is 1. The quantitative estimate of drug-likeness (QED) is 0.564. The first-order chi connectivity index (χ1) is 5.90. The van der Waals surface area contributed by atoms with Gasteiger partial charge in [0, 0.05) is 0 Å². The lowest BCUT2D eigenvalue weighted by atomic mass is 9.96. The highest BCUT2D eigenvalue weighted by atomic mass is 14.2. The van der Waals surface area contributed by atoms with Gasteiger partial charge in [-0.05, 0) is 36.1 Å². The smallest absolute Gasteiger partial charge is 0.0991 e. The van der Waals surface area contributed by atoms with Crippen LogP contribution in [0.25, 0.3) is 6.08 Å². The first kappa shape index (κ1) is 7.12. The predicted molar refractivity (Wildman–Crippen MR) is 48.5 cm³/mol. The van der Waals surface area contributed by atoms with Gasteiger partial charge in [-0.1, -0.05) is 18.2 Å². The van der Waals surface area contributed by atoms with E-state index < -0.39 is 0 Å². The fraction of sp³-hybridized carbons (Fsp3) is 0.182. The maximum atomic E-state index is 8.67. The van der Waals surface area contributed by atoms with Gasteiger partial charge in [-0.25, -0.2) is 0 Å². The number of aryl methyl sites for hydroxylation is 1. The Kier molecular flexibility index (Phi) is 1.68. The zero-order chi connectivity index (χ0) is 8.39. The Bertz CT molecular complexity index is 369. The molecule has 1 aliphatic rings. The van der Waals surface area contributed by atoms with Crippen molar-refractivity contribution in [3.63, 3.8) is 0 Å². The fourth-order valence-corrected chi connectivity index (χ4v) is 1.50. The summed E-state index contributed by atoms with van der Waals surface area (Å²) in [6.07, 6.45) is 6.49. The summed E-state index contributed by atoms with van der Waals surface area (Å²) in [5.41, 5.74) is 3.32. The van der Waals surface area contributed by atoms with E-state index in [1.54, 1.807) is 0 Å². The molecule has 0 spiro atoms. The number of fused-ring (bicyclic) bond motifs is 1. The number of nitriles is 1. The molecule has 0 saturated carbocycles. The average molecular weight is 155 g/mol. The van der Waals surface area contributed by atoms with Gasteiger partial charge in [-0.2, -0.15) is 5.26 Å². The summed E-state index contributed by atoms with van der Waals surface area (Å²) in [5.74, 6) is 0. The van der Waals surface area contributed by atoms with Gasteiger partial charge in [0.25, 0.3) is 0 Å². The molecule has 0 saturated heterocycles. The van der Waals surface area contributed by atoms with E-state index in [1.165, 1.54) is 11.1 Å². The van der Waals surface area contributed by atoms with Gasteiger partial charge in [0.2, 0.25) is 0 Å². The Morgan fingerprint density at radius 3 is 3.08 bits per heavy atom. The van der Waals surface area contributed by atoms with Crippen LogP contribution in [0.1, 0.15) is 23.1 Å². The number of benzene rings is 1. The second-order valence-corrected chi connectivity index (χ2v) is 2.97. The number of hydrogen-bond donors (Lipinski definition) is 0. The third kappa shape index (κ3) is 1.12. The maximum absolute atomic E-state index is 8.67. The van der Waals surface area contributed by atoms with Gasteiger partial charge < -0.3 is 0 Å². The molecule has 0 bridgehead atoms. The minimum absolute atomic E-state index is 0.750. The molecular formula is C11H9N. The predicted octanol–water partition coefficient (Wildman–Crippen LogP) is 2.52. The molecule has 0 fully saturated rings. The van der Waals surface area contributed by atoms with Crippen molar-refractivity contribution in [2.45, 2.75) is 12.8 Å². The molecule has 0 unspecified atom stereocenters. The molecule has 0 amide bonds. The van der Waals surface area contributed by atoms with E-state index >= 15 is 0 Å². The molecule has 1 heteroatoms. The van der Waals surface area contributed by atoms with Gasteiger partial charge in [-0.15, -0.1) is 0 Å². The van der Waals surface area contributed by atoms with Gasteiger partial charge in [0.05, 0.1) is 11.6 Å². The average Bonchev–Trinajstić information content (AvgIpc) is 2.17. The maximum Gasteiger partial charge on any atom is 0.0991 e. The van der Waals surface area contributed by atoms with Crippen LogP contribution in [0, 0.1) is 11.3 Å². The summed E-state index contributed by atoms with van der Waals surface area (Å²) in [7, 11) is 0. The zero-order valence-electron chi connectivity index (χ0n) is 6.75. The minimum atomic E-state index is 0.750. The molecule has 12 heavy (non-hydrogen) atoms. The number of rotatable bonds is 0. The number of nitrogens with zero attached hydrogens (tertiary/aromatic N) is 1. The van der Waals surface area contributed by atoms with Crippen LogP contribution in [0.4, 0.5) is 0 Å². The van der Waals surface area contributed by atoms with Gasteiger partial charge in [0.15, 0.2) is 0 Å². The van der Waals surface area contributed by atoms with E-state index in [-0.39, 0.29) is 0 Å². The lowest BCUT2D eigenvalue weighted by Crippen LogP contribution is -1.93. The van der Waals surface area contributed by atoms with Gasteiger partial charge in [-0.3, -0.25) is 0 Å². The molecule has 1 nitrogen and oxygen atoms in total. The van der Waals surface area contributed by atoms with Gasteiger partial charge in [0.1, 0.15) is 0 Å². The van der Waals surface area contributed by atoms with Crippen LogP contribution in [0.15, 0.2) is 24.3 Å². The van der Waals surface area contributed by atoms with Crippen LogP contribution in [0.5, 0.6) is 0 Å². The molecule has 2 rings (SSSR count). The molecule has 58 valence electrons. The Labute approximate surface area is 72.0 Å². The molecular weight excluding hydrogens is 146 g/mol. The number of hydrogen-bond acceptors (Lipinski definition) is 1.